The summed E-state index contributed by atoms with van der Waals surface area (Å²) in [6.07, 6.45) is 0.746. The van der Waals surface area contributed by atoms with Crippen molar-refractivity contribution in [2.75, 3.05) is 10.8 Å². The molecule has 0 heterocycles. The average Bonchev–Trinajstić information content (AvgIpc) is 2.91. The second kappa shape index (κ2) is 12.9. The first-order valence-corrected chi connectivity index (χ1v) is 14.3. The number of hydrogen-bond acceptors (Lipinski definition) is 4. The first kappa shape index (κ1) is 28.4. The smallest absolute Gasteiger partial charge is 0.264 e. The Kier molecular flexibility index (Phi) is 9.88. The van der Waals surface area contributed by atoms with Crippen LogP contribution in [-0.4, -0.2) is 43.8 Å². The number of carbonyl (C=O) groups is 2. The van der Waals surface area contributed by atoms with E-state index >= 15 is 0 Å². The number of nitrogens with zero attached hydrogens (tertiary/aromatic N) is 2. The summed E-state index contributed by atoms with van der Waals surface area (Å²) >= 11 is 3.41. The largest absolute Gasteiger partial charge is 0.352 e. The predicted molar refractivity (Wildman–Crippen MR) is 149 cm³/mol. The maximum Gasteiger partial charge on any atom is 0.264 e. The maximum absolute atomic E-state index is 13.8. The van der Waals surface area contributed by atoms with E-state index in [4.69, 9.17) is 0 Å². The molecule has 1 N–H and O–H groups in total. The lowest BCUT2D eigenvalue weighted by molar-refractivity contribution is -0.139. The zero-order valence-electron chi connectivity index (χ0n) is 21.2. The van der Waals surface area contributed by atoms with Crippen molar-refractivity contribution in [3.8, 4) is 0 Å². The number of amides is 2. The van der Waals surface area contributed by atoms with Crippen molar-refractivity contribution in [2.45, 2.75) is 50.7 Å². The van der Waals surface area contributed by atoms with E-state index in [1.165, 1.54) is 17.0 Å². The summed E-state index contributed by atoms with van der Waals surface area (Å²) in [7, 11) is -4.05. The lowest BCUT2D eigenvalue weighted by atomic mass is 10.1. The van der Waals surface area contributed by atoms with Gasteiger partial charge in [0.2, 0.25) is 11.8 Å². The highest BCUT2D eigenvalue weighted by molar-refractivity contribution is 9.10. The molecule has 0 saturated carbocycles. The molecule has 0 radical (unpaired) electrons. The normalized spacial score (nSPS) is 12.9. The number of carbonyl (C=O) groups excluding carboxylic acids is 2. The Morgan fingerprint density at radius 3 is 2.03 bits per heavy atom. The molecule has 0 aliphatic carbocycles. The Hall–Kier alpha value is -3.17. The highest BCUT2D eigenvalue weighted by Gasteiger charge is 2.32. The molecular weight excluding hydrogens is 554 g/mol. The van der Waals surface area contributed by atoms with E-state index in [9.17, 15) is 18.0 Å². The molecule has 9 heteroatoms. The SMILES string of the molecule is CCC(C)NC(=O)C(C)N(Cc1ccc(Br)cc1)C(=O)CN(c1ccccc1)S(=O)(=O)c1ccccc1. The fourth-order valence-electron chi connectivity index (χ4n) is 3.68. The Morgan fingerprint density at radius 1 is 0.892 bits per heavy atom. The van der Waals surface area contributed by atoms with Gasteiger partial charge in [-0.05, 0) is 62.2 Å². The predicted octanol–water partition coefficient (Wildman–Crippen LogP) is 4.98. The number of nitrogens with one attached hydrogen (secondary N) is 1. The van der Waals surface area contributed by atoms with Crippen LogP contribution in [0.15, 0.2) is 94.3 Å². The highest BCUT2D eigenvalue weighted by Crippen LogP contribution is 2.24. The number of hydrogen-bond donors (Lipinski definition) is 1. The van der Waals surface area contributed by atoms with Crippen LogP contribution in [0.1, 0.15) is 32.8 Å². The molecule has 0 aliphatic heterocycles. The Bertz CT molecular complexity index is 1290. The second-order valence-electron chi connectivity index (χ2n) is 8.80. The standard InChI is InChI=1S/C28H32BrN3O4S/c1-4-21(2)30-28(34)22(3)31(19-23-15-17-24(29)18-16-23)27(33)20-32(25-11-7-5-8-12-25)37(35,36)26-13-9-6-10-14-26/h5-18,21-22H,4,19-20H2,1-3H3,(H,30,34). The number of anilines is 1. The van der Waals surface area contributed by atoms with Gasteiger partial charge < -0.3 is 10.2 Å². The molecule has 2 amide bonds. The number of rotatable bonds is 11. The molecule has 196 valence electrons. The van der Waals surface area contributed by atoms with Crippen LogP contribution in [0.25, 0.3) is 0 Å². The summed E-state index contributed by atoms with van der Waals surface area (Å²) in [5.41, 5.74) is 1.18. The summed E-state index contributed by atoms with van der Waals surface area (Å²) < 4.78 is 29.3. The van der Waals surface area contributed by atoms with Crippen molar-refractivity contribution in [2.24, 2.45) is 0 Å². The molecule has 0 spiro atoms. The van der Waals surface area contributed by atoms with Crippen molar-refractivity contribution in [3.63, 3.8) is 0 Å². The molecule has 7 nitrogen and oxygen atoms in total. The van der Waals surface area contributed by atoms with Gasteiger partial charge in [0.1, 0.15) is 12.6 Å². The minimum Gasteiger partial charge on any atom is -0.352 e. The van der Waals surface area contributed by atoms with Gasteiger partial charge in [-0.25, -0.2) is 8.42 Å². The van der Waals surface area contributed by atoms with Gasteiger partial charge in [-0.3, -0.25) is 13.9 Å². The third-order valence-corrected chi connectivity index (χ3v) is 8.41. The number of para-hydroxylation sites is 1. The Labute approximate surface area is 227 Å². The van der Waals surface area contributed by atoms with Crippen molar-refractivity contribution in [1.82, 2.24) is 10.2 Å². The van der Waals surface area contributed by atoms with Crippen LogP contribution in [0.5, 0.6) is 0 Å². The van der Waals surface area contributed by atoms with Crippen LogP contribution >= 0.6 is 15.9 Å². The fourth-order valence-corrected chi connectivity index (χ4v) is 5.38. The van der Waals surface area contributed by atoms with Crippen LogP contribution in [0, 0.1) is 0 Å². The molecule has 0 aliphatic rings. The van der Waals surface area contributed by atoms with E-state index in [2.05, 4.69) is 21.2 Å². The summed E-state index contributed by atoms with van der Waals surface area (Å²) in [5, 5.41) is 2.93. The third-order valence-electron chi connectivity index (χ3n) is 6.09. The maximum atomic E-state index is 13.8. The van der Waals surface area contributed by atoms with Crippen molar-refractivity contribution >= 4 is 43.5 Å². The Balaban J connectivity index is 1.98. The molecule has 37 heavy (non-hydrogen) atoms. The highest BCUT2D eigenvalue weighted by atomic mass is 79.9. The summed E-state index contributed by atoms with van der Waals surface area (Å²) in [6.45, 7) is 5.21. The van der Waals surface area contributed by atoms with E-state index in [-0.39, 0.29) is 23.4 Å². The average molecular weight is 587 g/mol. The molecule has 2 atom stereocenters. The molecule has 2 unspecified atom stereocenters. The van der Waals surface area contributed by atoms with Gasteiger partial charge in [0.15, 0.2) is 0 Å². The summed E-state index contributed by atoms with van der Waals surface area (Å²) in [6, 6.07) is 23.1. The van der Waals surface area contributed by atoms with E-state index in [1.807, 2.05) is 38.1 Å². The van der Waals surface area contributed by atoms with Crippen molar-refractivity contribution in [1.29, 1.82) is 0 Å². The van der Waals surface area contributed by atoms with E-state index < -0.39 is 28.5 Å². The van der Waals surface area contributed by atoms with Gasteiger partial charge in [-0.15, -0.1) is 0 Å². The van der Waals surface area contributed by atoms with Crippen LogP contribution in [0.3, 0.4) is 0 Å². The van der Waals surface area contributed by atoms with Gasteiger partial charge in [0.05, 0.1) is 10.6 Å². The monoisotopic (exact) mass is 585 g/mol. The van der Waals surface area contributed by atoms with Gasteiger partial charge in [-0.1, -0.05) is 71.4 Å². The molecule has 0 fully saturated rings. The van der Waals surface area contributed by atoms with E-state index in [0.717, 1.165) is 20.8 Å². The third kappa shape index (κ3) is 7.42. The van der Waals surface area contributed by atoms with Gasteiger partial charge in [0, 0.05) is 17.1 Å². The topological polar surface area (TPSA) is 86.8 Å². The second-order valence-corrected chi connectivity index (χ2v) is 11.6. The summed E-state index contributed by atoms with van der Waals surface area (Å²) in [5.74, 6) is -0.782. The molecular formula is C28H32BrN3O4S. The first-order chi connectivity index (χ1) is 17.6. The lowest BCUT2D eigenvalue weighted by Gasteiger charge is -2.32. The fraction of sp³-hybridized carbons (Fsp3) is 0.286. The summed E-state index contributed by atoms with van der Waals surface area (Å²) in [4.78, 5) is 28.3. The van der Waals surface area contributed by atoms with E-state index in [0.29, 0.717) is 5.69 Å². The van der Waals surface area contributed by atoms with E-state index in [1.54, 1.807) is 55.5 Å². The zero-order chi connectivity index (χ0) is 27.0. The van der Waals surface area contributed by atoms with Crippen molar-refractivity contribution in [3.05, 3.63) is 95.0 Å². The van der Waals surface area contributed by atoms with Crippen molar-refractivity contribution < 1.29 is 18.0 Å². The Morgan fingerprint density at radius 2 is 1.46 bits per heavy atom. The minimum absolute atomic E-state index is 0.0566. The van der Waals surface area contributed by atoms with Crippen LogP contribution < -0.4 is 9.62 Å². The molecule has 3 rings (SSSR count). The first-order valence-electron chi connectivity index (χ1n) is 12.1. The molecule has 0 aromatic heterocycles. The zero-order valence-corrected chi connectivity index (χ0v) is 23.6. The van der Waals surface area contributed by atoms with Gasteiger partial charge >= 0.3 is 0 Å². The molecule has 0 bridgehead atoms. The molecule has 3 aromatic rings. The number of sulfonamides is 1. The number of halogens is 1. The minimum atomic E-state index is -4.05. The van der Waals surface area contributed by atoms with Gasteiger partial charge in [0.25, 0.3) is 10.0 Å². The van der Waals surface area contributed by atoms with Crippen LogP contribution in [0.4, 0.5) is 5.69 Å². The molecule has 3 aromatic carbocycles. The molecule has 0 saturated heterocycles. The quantitative estimate of drug-likeness (QED) is 0.344. The number of benzene rings is 3. The van der Waals surface area contributed by atoms with Crippen LogP contribution in [0.2, 0.25) is 0 Å². The van der Waals surface area contributed by atoms with Gasteiger partial charge in [-0.2, -0.15) is 0 Å². The van der Waals surface area contributed by atoms with Crippen LogP contribution in [-0.2, 0) is 26.2 Å². The lowest BCUT2D eigenvalue weighted by Crippen LogP contribution is -2.52.